The van der Waals surface area contributed by atoms with Gasteiger partial charge < -0.3 is 14.8 Å². The van der Waals surface area contributed by atoms with Crippen molar-refractivity contribution in [3.8, 4) is 11.4 Å². The molecule has 2 aromatic carbocycles. The number of aromatic nitrogens is 3. The minimum atomic E-state index is 0.0714. The lowest BCUT2D eigenvalue weighted by molar-refractivity contribution is 0.0996. The highest BCUT2D eigenvalue weighted by atomic mass is 16.2. The summed E-state index contributed by atoms with van der Waals surface area (Å²) in [6.07, 6.45) is 7.26. The first-order valence-corrected chi connectivity index (χ1v) is 10.9. The molecule has 0 atom stereocenters. The van der Waals surface area contributed by atoms with Crippen LogP contribution in [0.25, 0.3) is 22.4 Å². The van der Waals surface area contributed by atoms with Gasteiger partial charge in [-0.25, -0.2) is 4.98 Å². The van der Waals surface area contributed by atoms with E-state index in [4.69, 9.17) is 0 Å². The number of nitrogens with one attached hydrogen (secondary N) is 1. The molecule has 0 saturated carbocycles. The van der Waals surface area contributed by atoms with Gasteiger partial charge in [-0.1, -0.05) is 6.07 Å². The smallest absolute Gasteiger partial charge is 0.259 e. The summed E-state index contributed by atoms with van der Waals surface area (Å²) in [7, 11) is 0. The number of carbonyl (C=O) groups is 1. The molecule has 2 aliphatic heterocycles. The second kappa shape index (κ2) is 7.23. The molecule has 0 spiro atoms. The number of anilines is 2. The number of pyridine rings is 1. The maximum absolute atomic E-state index is 13.3. The standard InChI is InChI=1S/C25H23N5O/c31-25-21-14-19(29-12-2-1-3-13-29)5-4-18(21)16-30(25)20-6-7-22-23(15-20)28-24(27-22)17-8-10-26-11-9-17/h4-11,14-15H,1-3,12-13,16H2,(H,27,28). The average Bonchev–Trinajstić information content (AvgIpc) is 3.40. The van der Waals surface area contributed by atoms with Gasteiger partial charge in [0.25, 0.3) is 5.91 Å². The van der Waals surface area contributed by atoms with Crippen LogP contribution in [0.3, 0.4) is 0 Å². The number of nitrogens with zero attached hydrogens (tertiary/aromatic N) is 4. The minimum Gasteiger partial charge on any atom is -0.372 e. The number of benzene rings is 2. The molecule has 6 rings (SSSR count). The van der Waals surface area contributed by atoms with Crippen LogP contribution in [-0.4, -0.2) is 33.9 Å². The van der Waals surface area contributed by atoms with E-state index in [9.17, 15) is 4.79 Å². The second-order valence-electron chi connectivity index (χ2n) is 8.30. The van der Waals surface area contributed by atoms with Crippen molar-refractivity contribution in [2.45, 2.75) is 25.8 Å². The molecule has 4 heterocycles. The molecule has 0 radical (unpaired) electrons. The molecule has 6 nitrogen and oxygen atoms in total. The molecule has 0 aliphatic carbocycles. The summed E-state index contributed by atoms with van der Waals surface area (Å²) in [5.41, 5.74) is 6.76. The lowest BCUT2D eigenvalue weighted by Crippen LogP contribution is -2.29. The number of piperidine rings is 1. The Bertz CT molecular complexity index is 1270. The molecular formula is C25H23N5O. The predicted octanol–water partition coefficient (Wildman–Crippen LogP) is 4.78. The van der Waals surface area contributed by atoms with Crippen molar-refractivity contribution in [2.24, 2.45) is 0 Å². The normalized spacial score (nSPS) is 16.2. The van der Waals surface area contributed by atoms with Crippen molar-refractivity contribution < 1.29 is 4.79 Å². The Hall–Kier alpha value is -3.67. The first-order chi connectivity index (χ1) is 15.3. The lowest BCUT2D eigenvalue weighted by Gasteiger charge is -2.29. The Morgan fingerprint density at radius 2 is 1.68 bits per heavy atom. The summed E-state index contributed by atoms with van der Waals surface area (Å²) < 4.78 is 0. The molecular weight excluding hydrogens is 386 g/mol. The molecule has 1 fully saturated rings. The fourth-order valence-corrected chi connectivity index (χ4v) is 4.66. The zero-order valence-corrected chi connectivity index (χ0v) is 17.2. The molecule has 154 valence electrons. The maximum atomic E-state index is 13.3. The molecule has 0 bridgehead atoms. The molecule has 1 N–H and O–H groups in total. The van der Waals surface area contributed by atoms with Crippen LogP contribution in [0.5, 0.6) is 0 Å². The van der Waals surface area contributed by atoms with Gasteiger partial charge in [0.15, 0.2) is 0 Å². The number of imidazole rings is 1. The highest BCUT2D eigenvalue weighted by Gasteiger charge is 2.29. The van der Waals surface area contributed by atoms with Crippen LogP contribution in [0.4, 0.5) is 11.4 Å². The zero-order valence-electron chi connectivity index (χ0n) is 17.2. The molecule has 4 aromatic rings. The van der Waals surface area contributed by atoms with Crippen LogP contribution in [0.2, 0.25) is 0 Å². The third kappa shape index (κ3) is 3.15. The van der Waals surface area contributed by atoms with E-state index in [1.54, 1.807) is 12.4 Å². The predicted molar refractivity (Wildman–Crippen MR) is 122 cm³/mol. The Labute approximate surface area is 180 Å². The Morgan fingerprint density at radius 1 is 0.871 bits per heavy atom. The molecule has 31 heavy (non-hydrogen) atoms. The van der Waals surface area contributed by atoms with Crippen LogP contribution in [0, 0.1) is 0 Å². The van der Waals surface area contributed by atoms with Gasteiger partial charge in [0.1, 0.15) is 5.82 Å². The number of H-pyrrole nitrogens is 1. The molecule has 1 saturated heterocycles. The summed E-state index contributed by atoms with van der Waals surface area (Å²) >= 11 is 0. The molecule has 2 aromatic heterocycles. The third-order valence-electron chi connectivity index (χ3n) is 6.35. The summed E-state index contributed by atoms with van der Waals surface area (Å²) in [5.74, 6) is 0.874. The summed E-state index contributed by atoms with van der Waals surface area (Å²) in [6.45, 7) is 2.76. The van der Waals surface area contributed by atoms with Gasteiger partial charge in [-0.05, 0) is 67.3 Å². The quantitative estimate of drug-likeness (QED) is 0.529. The van der Waals surface area contributed by atoms with Crippen LogP contribution in [0.1, 0.15) is 35.2 Å². The third-order valence-corrected chi connectivity index (χ3v) is 6.35. The van der Waals surface area contributed by atoms with Crippen molar-refractivity contribution >= 4 is 28.3 Å². The lowest BCUT2D eigenvalue weighted by atomic mass is 10.1. The highest BCUT2D eigenvalue weighted by Crippen LogP contribution is 2.33. The van der Waals surface area contributed by atoms with E-state index in [2.05, 4.69) is 38.1 Å². The van der Waals surface area contributed by atoms with Crippen LogP contribution in [-0.2, 0) is 6.54 Å². The molecule has 1 amide bonds. The van der Waals surface area contributed by atoms with Crippen LogP contribution < -0.4 is 9.80 Å². The fourth-order valence-electron chi connectivity index (χ4n) is 4.66. The van der Waals surface area contributed by atoms with Crippen molar-refractivity contribution in [2.75, 3.05) is 22.9 Å². The molecule has 0 unspecified atom stereocenters. The Kier molecular flexibility index (Phi) is 4.23. The van der Waals surface area contributed by atoms with E-state index in [-0.39, 0.29) is 5.91 Å². The average molecular weight is 409 g/mol. The van der Waals surface area contributed by atoms with Gasteiger partial charge >= 0.3 is 0 Å². The number of amides is 1. The van der Waals surface area contributed by atoms with E-state index in [0.29, 0.717) is 6.54 Å². The Morgan fingerprint density at radius 3 is 2.52 bits per heavy atom. The number of hydrogen-bond donors (Lipinski definition) is 1. The first kappa shape index (κ1) is 18.1. The van der Waals surface area contributed by atoms with E-state index in [1.807, 2.05) is 35.2 Å². The van der Waals surface area contributed by atoms with Gasteiger partial charge in [-0.2, -0.15) is 0 Å². The van der Waals surface area contributed by atoms with Crippen LogP contribution >= 0.6 is 0 Å². The van der Waals surface area contributed by atoms with E-state index < -0.39 is 0 Å². The number of fused-ring (bicyclic) bond motifs is 2. The van der Waals surface area contributed by atoms with Crippen molar-refractivity contribution in [3.63, 3.8) is 0 Å². The van der Waals surface area contributed by atoms with Gasteiger partial charge in [0.05, 0.1) is 17.6 Å². The Balaban J connectivity index is 1.30. The summed E-state index contributed by atoms with van der Waals surface area (Å²) in [5, 5.41) is 0. The van der Waals surface area contributed by atoms with E-state index in [1.165, 1.54) is 24.9 Å². The molecule has 6 heteroatoms. The molecule has 2 aliphatic rings. The number of carbonyl (C=O) groups excluding carboxylic acids is 1. The maximum Gasteiger partial charge on any atom is 0.259 e. The topological polar surface area (TPSA) is 65.1 Å². The largest absolute Gasteiger partial charge is 0.372 e. The highest BCUT2D eigenvalue weighted by molar-refractivity contribution is 6.11. The van der Waals surface area contributed by atoms with Gasteiger partial charge in [0, 0.05) is 48.0 Å². The van der Waals surface area contributed by atoms with Gasteiger partial charge in [-0.3, -0.25) is 9.78 Å². The van der Waals surface area contributed by atoms with Crippen LogP contribution in [0.15, 0.2) is 60.9 Å². The van der Waals surface area contributed by atoms with Gasteiger partial charge in [-0.15, -0.1) is 0 Å². The summed E-state index contributed by atoms with van der Waals surface area (Å²) in [6, 6.07) is 16.2. The fraction of sp³-hybridized carbons (Fsp3) is 0.240. The first-order valence-electron chi connectivity index (χ1n) is 10.9. The van der Waals surface area contributed by atoms with Crippen molar-refractivity contribution in [3.05, 3.63) is 72.1 Å². The van der Waals surface area contributed by atoms with E-state index in [0.717, 1.165) is 52.3 Å². The summed E-state index contributed by atoms with van der Waals surface area (Å²) in [4.78, 5) is 29.7. The second-order valence-corrected chi connectivity index (χ2v) is 8.30. The zero-order chi connectivity index (χ0) is 20.8. The van der Waals surface area contributed by atoms with Crippen molar-refractivity contribution in [1.29, 1.82) is 0 Å². The van der Waals surface area contributed by atoms with E-state index >= 15 is 0 Å². The van der Waals surface area contributed by atoms with Gasteiger partial charge in [0.2, 0.25) is 0 Å². The number of aromatic amines is 1. The number of hydrogen-bond acceptors (Lipinski definition) is 4. The SMILES string of the molecule is O=C1c2cc(N3CCCCC3)ccc2CN1c1ccc2nc(-c3ccncc3)[nH]c2c1. The number of rotatable bonds is 3. The monoisotopic (exact) mass is 409 g/mol. The minimum absolute atomic E-state index is 0.0714. The van der Waals surface area contributed by atoms with Crippen molar-refractivity contribution in [1.82, 2.24) is 15.0 Å².